The third-order valence-electron chi connectivity index (χ3n) is 2.96. The third-order valence-corrected chi connectivity index (χ3v) is 2.96. The molecule has 0 heterocycles. The average molecular weight is 323 g/mol. The zero-order valence-electron chi connectivity index (χ0n) is 18.3. The second-order valence-electron chi connectivity index (χ2n) is 4.47. The summed E-state index contributed by atoms with van der Waals surface area (Å²) in [6, 6.07) is 6.66. The molecule has 0 aromatic heterocycles. The SMILES string of the molecule is C=C(C)c1ccc(CC)c(CC)c1.CC.CC.CC.CCCC. The quantitative estimate of drug-likeness (QED) is 0.519. The summed E-state index contributed by atoms with van der Waals surface area (Å²) in [5.74, 6) is 0. The smallest absolute Gasteiger partial charge is 0.0230 e. The van der Waals surface area contributed by atoms with E-state index in [-0.39, 0.29) is 0 Å². The first kappa shape index (κ1) is 29.9. The molecule has 0 spiro atoms. The lowest BCUT2D eigenvalue weighted by Gasteiger charge is -2.08. The minimum atomic E-state index is 1.12. The first-order valence-corrected chi connectivity index (χ1v) is 9.88. The van der Waals surface area contributed by atoms with E-state index in [2.05, 4.69) is 59.4 Å². The minimum absolute atomic E-state index is 1.12. The Labute approximate surface area is 149 Å². The van der Waals surface area contributed by atoms with Gasteiger partial charge in [-0.05, 0) is 36.5 Å². The Morgan fingerprint density at radius 3 is 1.39 bits per heavy atom. The summed E-state index contributed by atoms with van der Waals surface area (Å²) in [6.07, 6.45) is 4.88. The molecular weight excluding hydrogens is 276 g/mol. The number of hydrogen-bond donors (Lipinski definition) is 0. The highest BCUT2D eigenvalue weighted by Gasteiger charge is 2.00. The molecule has 0 unspecified atom stereocenters. The van der Waals surface area contributed by atoms with E-state index in [4.69, 9.17) is 0 Å². The van der Waals surface area contributed by atoms with E-state index in [0.717, 1.165) is 18.4 Å². The predicted molar refractivity (Wildman–Crippen MR) is 115 cm³/mol. The predicted octanol–water partition coefficient (Wildman–Crippen LogP) is 8.73. The Morgan fingerprint density at radius 1 is 0.739 bits per heavy atom. The first-order valence-electron chi connectivity index (χ1n) is 9.88. The summed E-state index contributed by atoms with van der Waals surface area (Å²) in [7, 11) is 0. The van der Waals surface area contributed by atoms with E-state index in [1.165, 1.54) is 29.5 Å². The maximum absolute atomic E-state index is 3.96. The second-order valence-corrected chi connectivity index (χ2v) is 4.47. The fourth-order valence-corrected chi connectivity index (χ4v) is 1.57. The van der Waals surface area contributed by atoms with Gasteiger partial charge < -0.3 is 0 Å². The van der Waals surface area contributed by atoms with Gasteiger partial charge in [0, 0.05) is 0 Å². The van der Waals surface area contributed by atoms with Crippen LogP contribution in [0.15, 0.2) is 24.8 Å². The third kappa shape index (κ3) is 17.2. The molecule has 0 radical (unpaired) electrons. The van der Waals surface area contributed by atoms with Gasteiger partial charge in [0.05, 0.1) is 0 Å². The molecule has 0 N–H and O–H groups in total. The number of hydrogen-bond acceptors (Lipinski definition) is 0. The van der Waals surface area contributed by atoms with Crippen LogP contribution in [0.5, 0.6) is 0 Å². The van der Waals surface area contributed by atoms with Gasteiger partial charge in [-0.3, -0.25) is 0 Å². The molecule has 0 nitrogen and oxygen atoms in total. The van der Waals surface area contributed by atoms with E-state index in [9.17, 15) is 0 Å². The monoisotopic (exact) mass is 322 g/mol. The molecule has 0 amide bonds. The van der Waals surface area contributed by atoms with Crippen molar-refractivity contribution in [2.45, 2.75) is 102 Å². The van der Waals surface area contributed by atoms with E-state index in [1.807, 2.05) is 41.5 Å². The minimum Gasteiger partial charge on any atom is -0.0955 e. The molecule has 0 heteroatoms. The molecule has 0 fully saturated rings. The number of aryl methyl sites for hydroxylation is 2. The van der Waals surface area contributed by atoms with Gasteiger partial charge >= 0.3 is 0 Å². The lowest BCUT2D eigenvalue weighted by Crippen LogP contribution is -1.92. The highest BCUT2D eigenvalue weighted by molar-refractivity contribution is 5.62. The van der Waals surface area contributed by atoms with Crippen LogP contribution in [0.1, 0.15) is 106 Å². The molecule has 0 aliphatic rings. The molecule has 0 saturated heterocycles. The Kier molecular flexibility index (Phi) is 33.7. The standard InChI is InChI=1S/C13H18.C4H10.3C2H6/c1-5-11-7-8-13(10(3)4)9-12(11)6-2;1-3-4-2;3*1-2/h7-9H,3,5-6H2,1-2,4H3;3-4H2,1-2H3;3*1-2H3. The molecule has 0 aliphatic carbocycles. The second kappa shape index (κ2) is 25.9. The van der Waals surface area contributed by atoms with Crippen LogP contribution < -0.4 is 0 Å². The van der Waals surface area contributed by atoms with Crippen molar-refractivity contribution in [3.8, 4) is 0 Å². The van der Waals surface area contributed by atoms with Crippen molar-refractivity contribution < 1.29 is 0 Å². The lowest BCUT2D eigenvalue weighted by molar-refractivity contribution is 0.886. The molecule has 0 aliphatic heterocycles. The summed E-state index contributed by atoms with van der Waals surface area (Å²) in [5, 5.41) is 0. The van der Waals surface area contributed by atoms with Crippen molar-refractivity contribution in [3.63, 3.8) is 0 Å². The van der Waals surface area contributed by atoms with Gasteiger partial charge in [-0.1, -0.05) is 112 Å². The van der Waals surface area contributed by atoms with Crippen molar-refractivity contribution in [1.82, 2.24) is 0 Å². The molecule has 1 rings (SSSR count). The van der Waals surface area contributed by atoms with E-state index < -0.39 is 0 Å². The highest BCUT2D eigenvalue weighted by atomic mass is 14.1. The fourth-order valence-electron chi connectivity index (χ4n) is 1.57. The van der Waals surface area contributed by atoms with Gasteiger partial charge in [0.15, 0.2) is 0 Å². The van der Waals surface area contributed by atoms with Crippen LogP contribution >= 0.6 is 0 Å². The number of allylic oxidation sites excluding steroid dienone is 1. The van der Waals surface area contributed by atoms with Crippen LogP contribution in [0, 0.1) is 0 Å². The number of unbranched alkanes of at least 4 members (excludes halogenated alkanes) is 1. The van der Waals surface area contributed by atoms with Gasteiger partial charge in [0.25, 0.3) is 0 Å². The Morgan fingerprint density at radius 2 is 1.13 bits per heavy atom. The molecule has 0 bridgehead atoms. The Bertz CT molecular complexity index is 332. The van der Waals surface area contributed by atoms with Gasteiger partial charge in [-0.15, -0.1) is 0 Å². The molecular formula is C23H46. The van der Waals surface area contributed by atoms with Crippen LogP contribution in [0.3, 0.4) is 0 Å². The van der Waals surface area contributed by atoms with E-state index in [0.29, 0.717) is 0 Å². The fraction of sp³-hybridized carbons (Fsp3) is 0.652. The molecule has 138 valence electrons. The Balaban J connectivity index is -0.000000152. The zero-order valence-corrected chi connectivity index (χ0v) is 18.3. The van der Waals surface area contributed by atoms with Crippen LogP contribution in [0.2, 0.25) is 0 Å². The summed E-state index contributed by atoms with van der Waals surface area (Å²) >= 11 is 0. The van der Waals surface area contributed by atoms with Crippen molar-refractivity contribution in [1.29, 1.82) is 0 Å². The topological polar surface area (TPSA) is 0 Å². The summed E-state index contributed by atoms with van der Waals surface area (Å²) in [5.41, 5.74) is 5.35. The van der Waals surface area contributed by atoms with E-state index in [1.54, 1.807) is 0 Å². The summed E-state index contributed by atoms with van der Waals surface area (Å²) < 4.78 is 0. The number of benzene rings is 1. The van der Waals surface area contributed by atoms with Crippen molar-refractivity contribution in [2.24, 2.45) is 0 Å². The normalized spacial score (nSPS) is 7.78. The van der Waals surface area contributed by atoms with Crippen LogP contribution in [-0.4, -0.2) is 0 Å². The summed E-state index contributed by atoms with van der Waals surface area (Å²) in [4.78, 5) is 0. The molecule has 0 saturated carbocycles. The van der Waals surface area contributed by atoms with E-state index >= 15 is 0 Å². The molecule has 1 aromatic rings. The maximum atomic E-state index is 3.96. The number of rotatable bonds is 4. The van der Waals surface area contributed by atoms with Gasteiger partial charge in [0.1, 0.15) is 0 Å². The average Bonchev–Trinajstić information content (AvgIpc) is 2.66. The van der Waals surface area contributed by atoms with Crippen LogP contribution in [0.4, 0.5) is 0 Å². The molecule has 1 aromatic carbocycles. The maximum Gasteiger partial charge on any atom is -0.0230 e. The van der Waals surface area contributed by atoms with Crippen molar-refractivity contribution in [3.05, 3.63) is 41.5 Å². The van der Waals surface area contributed by atoms with Crippen molar-refractivity contribution in [2.75, 3.05) is 0 Å². The zero-order chi connectivity index (χ0) is 19.3. The van der Waals surface area contributed by atoms with Crippen LogP contribution in [-0.2, 0) is 12.8 Å². The van der Waals surface area contributed by atoms with Gasteiger partial charge in [-0.25, -0.2) is 0 Å². The largest absolute Gasteiger partial charge is 0.0955 e. The van der Waals surface area contributed by atoms with Crippen molar-refractivity contribution >= 4 is 5.57 Å². The summed E-state index contributed by atoms with van der Waals surface area (Å²) in [6.45, 7) is 26.8. The molecule has 23 heavy (non-hydrogen) atoms. The van der Waals surface area contributed by atoms with Gasteiger partial charge in [0.2, 0.25) is 0 Å². The lowest BCUT2D eigenvalue weighted by atomic mass is 9.98. The van der Waals surface area contributed by atoms with Gasteiger partial charge in [-0.2, -0.15) is 0 Å². The first-order chi connectivity index (χ1) is 11.1. The van der Waals surface area contributed by atoms with Crippen LogP contribution in [0.25, 0.3) is 5.57 Å². The Hall–Kier alpha value is -1.04. The highest BCUT2D eigenvalue weighted by Crippen LogP contribution is 2.18. The molecule has 0 atom stereocenters.